The van der Waals surface area contributed by atoms with Crippen molar-refractivity contribution in [3.05, 3.63) is 113 Å². The minimum absolute atomic E-state index is 0.291. The first kappa shape index (κ1) is 23.4. The average molecular weight is 538 g/mol. The predicted molar refractivity (Wildman–Crippen MR) is 143 cm³/mol. The predicted octanol–water partition coefficient (Wildman–Crippen LogP) is 6.52. The number of anilines is 1. The number of rotatable bonds is 6. The van der Waals surface area contributed by atoms with Crippen LogP contribution in [-0.4, -0.2) is 28.5 Å². The van der Waals surface area contributed by atoms with Crippen molar-refractivity contribution in [1.82, 2.24) is 9.97 Å². The number of carbonyl (C=O) groups is 2. The molecule has 5 aromatic rings. The summed E-state index contributed by atoms with van der Waals surface area (Å²) in [7, 11) is 0. The summed E-state index contributed by atoms with van der Waals surface area (Å²) in [5.74, 6) is -1.04. The van der Waals surface area contributed by atoms with E-state index in [0.717, 1.165) is 21.3 Å². The van der Waals surface area contributed by atoms with Gasteiger partial charge in [0.25, 0.3) is 5.91 Å². The molecule has 0 atom stereocenters. The molecule has 0 radical (unpaired) electrons. The van der Waals surface area contributed by atoms with Gasteiger partial charge in [-0.15, -0.1) is 0 Å². The molecule has 0 bridgehead atoms. The van der Waals surface area contributed by atoms with E-state index in [0.29, 0.717) is 28.0 Å². The second-order valence-corrected chi connectivity index (χ2v) is 8.90. The van der Waals surface area contributed by atoms with Gasteiger partial charge >= 0.3 is 5.97 Å². The maximum absolute atomic E-state index is 12.7. The standard InChI is InChI=1S/C29H20BrN3O3/c30-22-12-14-23(15-13-22)31-26(34)18-36-29(35)21-11-16-24-25(17-21)33-28(20-9-5-2-6-10-20)27(32-24)19-7-3-1-4-8-19/h1-17H,18H2,(H,31,34). The maximum Gasteiger partial charge on any atom is 0.338 e. The third kappa shape index (κ3) is 5.31. The molecule has 7 heteroatoms. The van der Waals surface area contributed by atoms with Crippen LogP contribution in [0, 0.1) is 0 Å². The zero-order valence-corrected chi connectivity index (χ0v) is 20.6. The van der Waals surface area contributed by atoms with Gasteiger partial charge in [0.2, 0.25) is 0 Å². The molecule has 5 rings (SSSR count). The fraction of sp³-hybridized carbons (Fsp3) is 0.0345. The summed E-state index contributed by atoms with van der Waals surface area (Å²) in [6.07, 6.45) is 0. The van der Waals surface area contributed by atoms with Gasteiger partial charge in [-0.2, -0.15) is 0 Å². The highest BCUT2D eigenvalue weighted by molar-refractivity contribution is 9.10. The minimum Gasteiger partial charge on any atom is -0.452 e. The van der Waals surface area contributed by atoms with Gasteiger partial charge in [0.05, 0.1) is 28.0 Å². The summed E-state index contributed by atoms with van der Waals surface area (Å²) < 4.78 is 6.13. The van der Waals surface area contributed by atoms with Crippen molar-refractivity contribution in [3.8, 4) is 22.5 Å². The van der Waals surface area contributed by atoms with E-state index in [2.05, 4.69) is 21.2 Å². The lowest BCUT2D eigenvalue weighted by molar-refractivity contribution is -0.119. The number of fused-ring (bicyclic) bond motifs is 1. The first-order valence-corrected chi connectivity index (χ1v) is 12.0. The Morgan fingerprint density at radius 1 is 0.722 bits per heavy atom. The van der Waals surface area contributed by atoms with Crippen LogP contribution in [0.2, 0.25) is 0 Å². The molecular formula is C29H20BrN3O3. The summed E-state index contributed by atoms with van der Waals surface area (Å²) in [6, 6.07) is 31.8. The van der Waals surface area contributed by atoms with Gasteiger partial charge < -0.3 is 10.1 Å². The molecule has 4 aromatic carbocycles. The normalized spacial score (nSPS) is 10.7. The highest BCUT2D eigenvalue weighted by Gasteiger charge is 2.16. The number of amides is 1. The van der Waals surface area contributed by atoms with Gasteiger partial charge in [-0.25, -0.2) is 14.8 Å². The van der Waals surface area contributed by atoms with Gasteiger partial charge in [-0.1, -0.05) is 76.6 Å². The van der Waals surface area contributed by atoms with Crippen molar-refractivity contribution >= 4 is 44.5 Å². The van der Waals surface area contributed by atoms with Crippen LogP contribution in [0.1, 0.15) is 10.4 Å². The molecule has 1 N–H and O–H groups in total. The molecule has 0 spiro atoms. The van der Waals surface area contributed by atoms with Gasteiger partial charge in [-0.3, -0.25) is 4.79 Å². The lowest BCUT2D eigenvalue weighted by atomic mass is 10.0. The Labute approximate surface area is 216 Å². The number of carbonyl (C=O) groups excluding carboxylic acids is 2. The number of benzene rings is 4. The highest BCUT2D eigenvalue weighted by atomic mass is 79.9. The van der Waals surface area contributed by atoms with E-state index in [1.807, 2.05) is 72.8 Å². The molecule has 0 fully saturated rings. The molecule has 1 heterocycles. The van der Waals surface area contributed by atoms with Gasteiger partial charge in [-0.05, 0) is 42.5 Å². The van der Waals surface area contributed by atoms with Crippen LogP contribution in [0.3, 0.4) is 0 Å². The van der Waals surface area contributed by atoms with E-state index in [9.17, 15) is 9.59 Å². The number of hydrogen-bond acceptors (Lipinski definition) is 5. The molecular weight excluding hydrogens is 518 g/mol. The topological polar surface area (TPSA) is 81.2 Å². The monoisotopic (exact) mass is 537 g/mol. The first-order chi connectivity index (χ1) is 17.6. The van der Waals surface area contributed by atoms with E-state index in [1.165, 1.54) is 0 Å². The number of nitrogens with one attached hydrogen (secondary N) is 1. The highest BCUT2D eigenvalue weighted by Crippen LogP contribution is 2.31. The largest absolute Gasteiger partial charge is 0.452 e. The molecule has 1 aromatic heterocycles. The SMILES string of the molecule is O=C(COC(=O)c1ccc2nc(-c3ccccc3)c(-c3ccccc3)nc2c1)Nc1ccc(Br)cc1. The van der Waals surface area contributed by atoms with Crippen molar-refractivity contribution < 1.29 is 14.3 Å². The van der Waals surface area contributed by atoms with Gasteiger partial charge in [0.15, 0.2) is 6.61 Å². The third-order valence-electron chi connectivity index (χ3n) is 5.46. The molecule has 1 amide bonds. The number of nitrogens with zero attached hydrogens (tertiary/aromatic N) is 2. The Hall–Kier alpha value is -4.36. The minimum atomic E-state index is -0.613. The number of esters is 1. The Kier molecular flexibility index (Phi) is 6.82. The van der Waals surface area contributed by atoms with Crippen molar-refractivity contribution in [2.75, 3.05) is 11.9 Å². The van der Waals surface area contributed by atoms with Crippen molar-refractivity contribution in [2.45, 2.75) is 0 Å². The van der Waals surface area contributed by atoms with E-state index in [1.54, 1.807) is 30.3 Å². The number of aromatic nitrogens is 2. The Morgan fingerprint density at radius 2 is 1.31 bits per heavy atom. The van der Waals surface area contributed by atoms with Crippen LogP contribution in [0.25, 0.3) is 33.5 Å². The molecule has 176 valence electrons. The second-order valence-electron chi connectivity index (χ2n) is 7.99. The molecule has 36 heavy (non-hydrogen) atoms. The summed E-state index contributed by atoms with van der Waals surface area (Å²) in [5, 5.41) is 2.69. The summed E-state index contributed by atoms with van der Waals surface area (Å²) in [6.45, 7) is -0.402. The zero-order chi connectivity index (χ0) is 24.9. The van der Waals surface area contributed by atoms with Gasteiger partial charge in [0.1, 0.15) is 0 Å². The summed E-state index contributed by atoms with van der Waals surface area (Å²) in [4.78, 5) is 34.6. The van der Waals surface area contributed by atoms with Crippen LogP contribution >= 0.6 is 15.9 Å². The zero-order valence-electron chi connectivity index (χ0n) is 19.0. The van der Waals surface area contributed by atoms with Gasteiger partial charge in [0, 0.05) is 21.3 Å². The van der Waals surface area contributed by atoms with Crippen molar-refractivity contribution in [3.63, 3.8) is 0 Å². The van der Waals surface area contributed by atoms with Crippen LogP contribution in [-0.2, 0) is 9.53 Å². The van der Waals surface area contributed by atoms with Crippen LogP contribution in [0.4, 0.5) is 5.69 Å². The lowest BCUT2D eigenvalue weighted by Crippen LogP contribution is -2.20. The fourth-order valence-corrected chi connectivity index (χ4v) is 3.98. The van der Waals surface area contributed by atoms with E-state index >= 15 is 0 Å². The maximum atomic E-state index is 12.7. The van der Waals surface area contributed by atoms with E-state index in [4.69, 9.17) is 14.7 Å². The van der Waals surface area contributed by atoms with E-state index < -0.39 is 18.5 Å². The molecule has 0 saturated carbocycles. The molecule has 0 saturated heterocycles. The average Bonchev–Trinajstić information content (AvgIpc) is 2.93. The quantitative estimate of drug-likeness (QED) is 0.249. The Balaban J connectivity index is 1.40. The first-order valence-electron chi connectivity index (χ1n) is 11.2. The van der Waals surface area contributed by atoms with E-state index in [-0.39, 0.29) is 0 Å². The Bertz CT molecular complexity index is 1540. The molecule has 0 unspecified atom stereocenters. The van der Waals surface area contributed by atoms with Crippen molar-refractivity contribution in [1.29, 1.82) is 0 Å². The number of ether oxygens (including phenoxy) is 1. The smallest absolute Gasteiger partial charge is 0.338 e. The lowest BCUT2D eigenvalue weighted by Gasteiger charge is -2.11. The molecule has 6 nitrogen and oxygen atoms in total. The summed E-state index contributed by atoms with van der Waals surface area (Å²) in [5.41, 5.74) is 5.46. The van der Waals surface area contributed by atoms with Crippen molar-refractivity contribution in [2.24, 2.45) is 0 Å². The van der Waals surface area contributed by atoms with Crippen LogP contribution < -0.4 is 5.32 Å². The summed E-state index contributed by atoms with van der Waals surface area (Å²) >= 11 is 3.35. The number of hydrogen-bond donors (Lipinski definition) is 1. The molecule has 0 aliphatic heterocycles. The van der Waals surface area contributed by atoms with Crippen LogP contribution in [0.15, 0.2) is 108 Å². The third-order valence-corrected chi connectivity index (χ3v) is 5.99. The molecule has 0 aliphatic carbocycles. The number of halogens is 1. The van der Waals surface area contributed by atoms with Crippen LogP contribution in [0.5, 0.6) is 0 Å². The Morgan fingerprint density at radius 3 is 1.92 bits per heavy atom. The molecule has 0 aliphatic rings. The second kappa shape index (κ2) is 10.5. The fourth-order valence-electron chi connectivity index (χ4n) is 3.72.